The molecule has 23 heavy (non-hydrogen) atoms. The Balaban J connectivity index is 2.38. The van der Waals surface area contributed by atoms with Gasteiger partial charge in [0.05, 0.1) is 26.4 Å². The van der Waals surface area contributed by atoms with Crippen LogP contribution < -0.4 is 0 Å². The molecule has 1 fully saturated rings. The third kappa shape index (κ3) is 4.39. The third-order valence-corrected chi connectivity index (χ3v) is 8.28. The second-order valence-corrected chi connectivity index (χ2v) is 10.5. The van der Waals surface area contributed by atoms with Crippen molar-refractivity contribution >= 4 is 43.1 Å². The van der Waals surface area contributed by atoms with E-state index in [0.717, 1.165) is 6.42 Å². The molecule has 0 spiro atoms. The Labute approximate surface area is 147 Å². The predicted molar refractivity (Wildman–Crippen MR) is 92.3 cm³/mol. The van der Waals surface area contributed by atoms with Gasteiger partial charge in [0.2, 0.25) is 10.0 Å². The molecule has 1 saturated heterocycles. The molecule has 5 nitrogen and oxygen atoms in total. The maximum atomic E-state index is 12.9. The van der Waals surface area contributed by atoms with E-state index in [1.807, 2.05) is 6.92 Å². The molecule has 1 atom stereocenters. The van der Waals surface area contributed by atoms with E-state index in [-0.39, 0.29) is 26.4 Å². The van der Waals surface area contributed by atoms with Gasteiger partial charge in [0, 0.05) is 12.6 Å². The Morgan fingerprint density at radius 3 is 2.48 bits per heavy atom. The van der Waals surface area contributed by atoms with Gasteiger partial charge in [0.1, 0.15) is 0 Å². The third-order valence-electron chi connectivity index (χ3n) is 3.85. The summed E-state index contributed by atoms with van der Waals surface area (Å²) >= 11 is 11.8. The highest BCUT2D eigenvalue weighted by Crippen LogP contribution is 2.29. The zero-order valence-electron chi connectivity index (χ0n) is 12.7. The van der Waals surface area contributed by atoms with Crippen molar-refractivity contribution in [2.45, 2.75) is 37.1 Å². The first-order valence-electron chi connectivity index (χ1n) is 7.34. The zero-order chi connectivity index (χ0) is 17.3. The SMILES string of the molecule is CCCCN(C1CCS(=O)(=O)C1)S(=O)(=O)c1ccc(Cl)c(Cl)c1. The molecule has 0 saturated carbocycles. The van der Waals surface area contributed by atoms with Crippen LogP contribution in [0.5, 0.6) is 0 Å². The Morgan fingerprint density at radius 2 is 1.96 bits per heavy atom. The number of rotatable bonds is 6. The number of benzene rings is 1. The molecule has 1 unspecified atom stereocenters. The van der Waals surface area contributed by atoms with E-state index in [4.69, 9.17) is 23.2 Å². The summed E-state index contributed by atoms with van der Waals surface area (Å²) in [5.41, 5.74) is 0. The van der Waals surface area contributed by atoms with Gasteiger partial charge in [-0.3, -0.25) is 0 Å². The lowest BCUT2D eigenvalue weighted by Gasteiger charge is -2.27. The lowest BCUT2D eigenvalue weighted by atomic mass is 10.2. The van der Waals surface area contributed by atoms with Gasteiger partial charge < -0.3 is 0 Å². The molecule has 0 bridgehead atoms. The number of hydrogen-bond donors (Lipinski definition) is 0. The fourth-order valence-corrected chi connectivity index (χ4v) is 6.50. The second-order valence-electron chi connectivity index (χ2n) is 5.60. The first-order valence-corrected chi connectivity index (χ1v) is 11.4. The quantitative estimate of drug-likeness (QED) is 0.736. The molecule has 1 aromatic rings. The summed E-state index contributed by atoms with van der Waals surface area (Å²) < 4.78 is 50.6. The first kappa shape index (κ1) is 19.0. The summed E-state index contributed by atoms with van der Waals surface area (Å²) in [5.74, 6) is -0.103. The van der Waals surface area contributed by atoms with Crippen LogP contribution in [0.1, 0.15) is 26.2 Å². The van der Waals surface area contributed by atoms with Crippen LogP contribution in [0.3, 0.4) is 0 Å². The zero-order valence-corrected chi connectivity index (χ0v) is 15.8. The van der Waals surface area contributed by atoms with Crippen LogP contribution in [0.2, 0.25) is 10.0 Å². The number of halogens is 2. The molecule has 9 heteroatoms. The minimum atomic E-state index is -3.82. The van der Waals surface area contributed by atoms with Gasteiger partial charge in [-0.05, 0) is 31.0 Å². The monoisotopic (exact) mass is 399 g/mol. The van der Waals surface area contributed by atoms with Gasteiger partial charge >= 0.3 is 0 Å². The van der Waals surface area contributed by atoms with Crippen molar-refractivity contribution in [2.75, 3.05) is 18.1 Å². The van der Waals surface area contributed by atoms with Crippen molar-refractivity contribution in [1.29, 1.82) is 0 Å². The van der Waals surface area contributed by atoms with Gasteiger partial charge in [-0.2, -0.15) is 4.31 Å². The normalized spacial score (nSPS) is 21.0. The fourth-order valence-electron chi connectivity index (χ4n) is 2.59. The maximum absolute atomic E-state index is 12.9. The van der Waals surface area contributed by atoms with Crippen LogP contribution >= 0.6 is 23.2 Å². The lowest BCUT2D eigenvalue weighted by molar-refractivity contribution is 0.335. The molecule has 1 aliphatic rings. The van der Waals surface area contributed by atoms with Crippen LogP contribution in [0.15, 0.2) is 23.1 Å². The molecule has 1 aliphatic heterocycles. The van der Waals surface area contributed by atoms with Gasteiger partial charge in [-0.15, -0.1) is 0 Å². The average molecular weight is 400 g/mol. The number of sulfonamides is 1. The van der Waals surface area contributed by atoms with Crippen molar-refractivity contribution < 1.29 is 16.8 Å². The van der Waals surface area contributed by atoms with E-state index in [9.17, 15) is 16.8 Å². The van der Waals surface area contributed by atoms with Crippen LogP contribution in [0.4, 0.5) is 0 Å². The summed E-state index contributed by atoms with van der Waals surface area (Å²) in [4.78, 5) is 0.0345. The molecule has 0 amide bonds. The van der Waals surface area contributed by atoms with E-state index in [1.54, 1.807) is 0 Å². The maximum Gasteiger partial charge on any atom is 0.243 e. The standard InChI is InChI=1S/C14H19Cl2NO4S2/c1-2-3-7-17(11-6-8-22(18,19)10-11)23(20,21)12-4-5-13(15)14(16)9-12/h4-5,9,11H,2-3,6-8,10H2,1H3. The highest BCUT2D eigenvalue weighted by molar-refractivity contribution is 7.92. The molecule has 0 N–H and O–H groups in total. The summed E-state index contributed by atoms with van der Waals surface area (Å²) in [6.07, 6.45) is 1.80. The highest BCUT2D eigenvalue weighted by Gasteiger charge is 2.38. The van der Waals surface area contributed by atoms with Gasteiger partial charge in [0.25, 0.3) is 0 Å². The molecule has 0 aromatic heterocycles. The molecular formula is C14H19Cl2NO4S2. The molecule has 2 rings (SSSR count). The molecule has 0 radical (unpaired) electrons. The van der Waals surface area contributed by atoms with Crippen LogP contribution in [0, 0.1) is 0 Å². The van der Waals surface area contributed by atoms with E-state index in [1.165, 1.54) is 22.5 Å². The Bertz CT molecular complexity index is 778. The minimum absolute atomic E-state index is 0.0250. The van der Waals surface area contributed by atoms with Crippen molar-refractivity contribution in [3.8, 4) is 0 Å². The molecular weight excluding hydrogens is 381 g/mol. The molecule has 1 heterocycles. The van der Waals surface area contributed by atoms with Crippen molar-refractivity contribution in [2.24, 2.45) is 0 Å². The summed E-state index contributed by atoms with van der Waals surface area (Å²) in [7, 11) is -7.00. The van der Waals surface area contributed by atoms with Gasteiger partial charge in [0.15, 0.2) is 9.84 Å². The summed E-state index contributed by atoms with van der Waals surface area (Å²) in [6.45, 7) is 2.24. The van der Waals surface area contributed by atoms with E-state index >= 15 is 0 Å². The van der Waals surface area contributed by atoms with Crippen molar-refractivity contribution in [3.63, 3.8) is 0 Å². The van der Waals surface area contributed by atoms with Crippen molar-refractivity contribution in [3.05, 3.63) is 28.2 Å². The predicted octanol–water partition coefficient (Wildman–Crippen LogP) is 2.97. The van der Waals surface area contributed by atoms with Crippen LogP contribution in [-0.2, 0) is 19.9 Å². The van der Waals surface area contributed by atoms with Crippen LogP contribution in [-0.4, -0.2) is 45.2 Å². The summed E-state index contributed by atoms with van der Waals surface area (Å²) in [6, 6.07) is 3.61. The number of unbranched alkanes of at least 4 members (excludes halogenated alkanes) is 1. The Kier molecular flexibility index (Phi) is 6.00. The Morgan fingerprint density at radius 1 is 1.26 bits per heavy atom. The van der Waals surface area contributed by atoms with Crippen LogP contribution in [0.25, 0.3) is 0 Å². The first-order chi connectivity index (χ1) is 10.7. The van der Waals surface area contributed by atoms with E-state index < -0.39 is 25.9 Å². The fraction of sp³-hybridized carbons (Fsp3) is 0.571. The number of sulfone groups is 1. The lowest BCUT2D eigenvalue weighted by Crippen LogP contribution is -2.41. The van der Waals surface area contributed by atoms with Gasteiger partial charge in [-0.25, -0.2) is 16.8 Å². The van der Waals surface area contributed by atoms with Gasteiger partial charge in [-0.1, -0.05) is 36.5 Å². The van der Waals surface area contributed by atoms with E-state index in [2.05, 4.69) is 0 Å². The molecule has 0 aliphatic carbocycles. The minimum Gasteiger partial charge on any atom is -0.229 e. The number of nitrogens with zero attached hydrogens (tertiary/aromatic N) is 1. The largest absolute Gasteiger partial charge is 0.243 e. The molecule has 1 aromatic carbocycles. The summed E-state index contributed by atoms with van der Waals surface area (Å²) in [5, 5.41) is 0.427. The number of hydrogen-bond acceptors (Lipinski definition) is 4. The topological polar surface area (TPSA) is 71.5 Å². The smallest absolute Gasteiger partial charge is 0.229 e. The highest BCUT2D eigenvalue weighted by atomic mass is 35.5. The molecule has 130 valence electrons. The average Bonchev–Trinajstić information content (AvgIpc) is 2.82. The second kappa shape index (κ2) is 7.27. The van der Waals surface area contributed by atoms with E-state index in [0.29, 0.717) is 19.4 Å². The van der Waals surface area contributed by atoms with Crippen molar-refractivity contribution in [1.82, 2.24) is 4.31 Å². The Hall–Kier alpha value is -0.340.